The topological polar surface area (TPSA) is 44.1 Å². The van der Waals surface area contributed by atoms with E-state index >= 15 is 0 Å². The predicted octanol–water partition coefficient (Wildman–Crippen LogP) is 3.47. The van der Waals surface area contributed by atoms with Gasteiger partial charge in [-0.2, -0.15) is 5.10 Å². The Labute approximate surface area is 117 Å². The van der Waals surface area contributed by atoms with E-state index in [0.29, 0.717) is 10.2 Å². The minimum absolute atomic E-state index is 0.0388. The van der Waals surface area contributed by atoms with E-state index in [0.717, 1.165) is 0 Å². The summed E-state index contributed by atoms with van der Waals surface area (Å²) in [4.78, 5) is 12.6. The molecule has 1 rings (SSSR count). The summed E-state index contributed by atoms with van der Waals surface area (Å²) < 4.78 is 7.82. The first-order valence-electron chi connectivity index (χ1n) is 6.00. The second-order valence-corrected chi connectivity index (χ2v) is 6.58. The van der Waals surface area contributed by atoms with Crippen LogP contribution in [-0.2, 0) is 4.74 Å². The predicted molar refractivity (Wildman–Crippen MR) is 74.9 cm³/mol. The molecule has 1 aromatic rings. The van der Waals surface area contributed by atoms with Crippen molar-refractivity contribution in [1.82, 2.24) is 9.78 Å². The molecule has 0 amide bonds. The van der Waals surface area contributed by atoms with Crippen LogP contribution in [0.3, 0.4) is 0 Å². The van der Waals surface area contributed by atoms with Crippen molar-refractivity contribution in [3.05, 3.63) is 16.4 Å². The van der Waals surface area contributed by atoms with Crippen molar-refractivity contribution in [3.63, 3.8) is 0 Å². The Balaban J connectivity index is 3.21. The van der Waals surface area contributed by atoms with Crippen molar-refractivity contribution in [1.29, 1.82) is 0 Å². The highest BCUT2D eigenvalue weighted by Crippen LogP contribution is 2.29. The van der Waals surface area contributed by atoms with Crippen molar-refractivity contribution >= 4 is 21.7 Å². The fourth-order valence-electron chi connectivity index (χ4n) is 1.94. The number of hydrogen-bond acceptors (Lipinski definition) is 3. The third kappa shape index (κ3) is 3.01. The van der Waals surface area contributed by atoms with Gasteiger partial charge in [0, 0.05) is 13.2 Å². The highest BCUT2D eigenvalue weighted by Gasteiger charge is 2.35. The SMILES string of the molecule is COC(C(=O)c1c(Br)cnn1C(C)C)C(C)(C)C. The number of ketones is 1. The van der Waals surface area contributed by atoms with E-state index in [1.54, 1.807) is 18.0 Å². The van der Waals surface area contributed by atoms with E-state index in [-0.39, 0.29) is 17.2 Å². The molecule has 1 unspecified atom stereocenters. The first-order valence-corrected chi connectivity index (χ1v) is 6.79. The van der Waals surface area contributed by atoms with Crippen LogP contribution in [-0.4, -0.2) is 28.8 Å². The van der Waals surface area contributed by atoms with Crippen molar-refractivity contribution < 1.29 is 9.53 Å². The maximum Gasteiger partial charge on any atom is 0.211 e. The summed E-state index contributed by atoms with van der Waals surface area (Å²) in [6, 6.07) is 0.132. The summed E-state index contributed by atoms with van der Waals surface area (Å²) in [5, 5.41) is 4.23. The molecule has 0 aliphatic heterocycles. The maximum atomic E-state index is 12.6. The summed E-state index contributed by atoms with van der Waals surface area (Å²) in [5.41, 5.74) is 0.323. The molecule has 0 bridgehead atoms. The van der Waals surface area contributed by atoms with Crippen LogP contribution >= 0.6 is 15.9 Å². The molecule has 5 heteroatoms. The van der Waals surface area contributed by atoms with Gasteiger partial charge >= 0.3 is 0 Å². The third-order valence-electron chi connectivity index (χ3n) is 2.73. The highest BCUT2D eigenvalue weighted by molar-refractivity contribution is 9.10. The largest absolute Gasteiger partial charge is 0.373 e. The first-order chi connectivity index (χ1) is 8.20. The van der Waals surface area contributed by atoms with Gasteiger partial charge in [0.05, 0.1) is 10.7 Å². The molecule has 1 aromatic heterocycles. The Morgan fingerprint density at radius 1 is 1.44 bits per heavy atom. The average Bonchev–Trinajstić information content (AvgIpc) is 2.58. The molecule has 0 radical (unpaired) electrons. The van der Waals surface area contributed by atoms with E-state index in [4.69, 9.17) is 4.74 Å². The maximum absolute atomic E-state index is 12.6. The number of Topliss-reactive ketones (excluding diaryl/α,β-unsaturated/α-hetero) is 1. The van der Waals surface area contributed by atoms with Gasteiger partial charge in [0.2, 0.25) is 5.78 Å². The molecular weight excluding hydrogens is 296 g/mol. The number of rotatable bonds is 4. The van der Waals surface area contributed by atoms with Gasteiger partial charge < -0.3 is 4.74 Å². The van der Waals surface area contributed by atoms with Gasteiger partial charge in [-0.1, -0.05) is 20.8 Å². The fraction of sp³-hybridized carbons (Fsp3) is 0.692. The van der Waals surface area contributed by atoms with Crippen LogP contribution in [0.15, 0.2) is 10.7 Å². The third-order valence-corrected chi connectivity index (χ3v) is 3.31. The Bertz CT molecular complexity index is 433. The summed E-state index contributed by atoms with van der Waals surface area (Å²) in [6.45, 7) is 9.96. The van der Waals surface area contributed by atoms with Crippen molar-refractivity contribution in [3.8, 4) is 0 Å². The van der Waals surface area contributed by atoms with Crippen molar-refractivity contribution in [2.75, 3.05) is 7.11 Å². The molecule has 0 aliphatic carbocycles. The van der Waals surface area contributed by atoms with Crippen LogP contribution in [0.5, 0.6) is 0 Å². The second-order valence-electron chi connectivity index (χ2n) is 5.73. The minimum atomic E-state index is -0.483. The molecule has 1 heterocycles. The van der Waals surface area contributed by atoms with E-state index in [1.807, 2.05) is 34.6 Å². The van der Waals surface area contributed by atoms with Crippen LogP contribution in [0.25, 0.3) is 0 Å². The Morgan fingerprint density at radius 2 is 2.00 bits per heavy atom. The van der Waals surface area contributed by atoms with Crippen LogP contribution < -0.4 is 0 Å². The number of methoxy groups -OCH3 is 1. The number of carbonyl (C=O) groups is 1. The molecule has 4 nitrogen and oxygen atoms in total. The molecule has 0 aromatic carbocycles. The van der Waals surface area contributed by atoms with Gasteiger partial charge in [-0.3, -0.25) is 9.48 Å². The molecule has 0 fully saturated rings. The zero-order valence-corrected chi connectivity index (χ0v) is 13.4. The van der Waals surface area contributed by atoms with Crippen molar-refractivity contribution in [2.24, 2.45) is 5.41 Å². The Kier molecular flexibility index (Phi) is 4.72. The van der Waals surface area contributed by atoms with Crippen LogP contribution in [0, 0.1) is 5.41 Å². The number of hydrogen-bond donors (Lipinski definition) is 0. The van der Waals surface area contributed by atoms with E-state index in [9.17, 15) is 4.79 Å². The first kappa shape index (κ1) is 15.4. The van der Waals surface area contributed by atoms with Crippen LogP contribution in [0.1, 0.15) is 51.1 Å². The molecule has 1 atom stereocenters. The Hall–Kier alpha value is -0.680. The average molecular weight is 317 g/mol. The summed E-state index contributed by atoms with van der Waals surface area (Å²) in [5.74, 6) is -0.0388. The molecule has 0 saturated carbocycles. The molecular formula is C13H21BrN2O2. The zero-order chi connectivity index (χ0) is 14.1. The van der Waals surface area contributed by atoms with Gasteiger partial charge in [-0.05, 0) is 35.2 Å². The lowest BCUT2D eigenvalue weighted by atomic mass is 9.85. The monoisotopic (exact) mass is 316 g/mol. The minimum Gasteiger partial charge on any atom is -0.373 e. The van der Waals surface area contributed by atoms with E-state index < -0.39 is 6.10 Å². The molecule has 0 saturated heterocycles. The lowest BCUT2D eigenvalue weighted by molar-refractivity contribution is 0.0185. The molecule has 102 valence electrons. The number of carbonyl (C=O) groups excluding carboxylic acids is 1. The quantitative estimate of drug-likeness (QED) is 0.799. The molecule has 0 aliphatic rings. The van der Waals surface area contributed by atoms with Gasteiger partial charge in [0.15, 0.2) is 0 Å². The number of ether oxygens (including phenoxy) is 1. The number of nitrogens with zero attached hydrogens (tertiary/aromatic N) is 2. The second kappa shape index (κ2) is 5.53. The Morgan fingerprint density at radius 3 is 2.39 bits per heavy atom. The molecule has 0 spiro atoms. The smallest absolute Gasteiger partial charge is 0.211 e. The van der Waals surface area contributed by atoms with Gasteiger partial charge in [-0.25, -0.2) is 0 Å². The molecule has 0 N–H and O–H groups in total. The van der Waals surface area contributed by atoms with E-state index in [1.165, 1.54) is 0 Å². The van der Waals surface area contributed by atoms with Crippen LogP contribution in [0.2, 0.25) is 0 Å². The lowest BCUT2D eigenvalue weighted by Crippen LogP contribution is -2.37. The van der Waals surface area contributed by atoms with Gasteiger partial charge in [0.1, 0.15) is 11.8 Å². The summed E-state index contributed by atoms with van der Waals surface area (Å²) in [7, 11) is 1.57. The zero-order valence-electron chi connectivity index (χ0n) is 11.8. The highest BCUT2D eigenvalue weighted by atomic mass is 79.9. The summed E-state index contributed by atoms with van der Waals surface area (Å²) in [6.07, 6.45) is 1.17. The lowest BCUT2D eigenvalue weighted by Gasteiger charge is -2.28. The fourth-order valence-corrected chi connectivity index (χ4v) is 2.41. The standard InChI is InChI=1S/C13H21BrN2O2/c1-8(2)16-10(9(14)7-15-16)11(17)12(18-6)13(3,4)5/h7-8,12H,1-6H3. The normalized spacial score (nSPS) is 14.0. The van der Waals surface area contributed by atoms with Crippen LogP contribution in [0.4, 0.5) is 0 Å². The van der Waals surface area contributed by atoms with Gasteiger partial charge in [0.25, 0.3) is 0 Å². The number of aromatic nitrogens is 2. The van der Waals surface area contributed by atoms with Gasteiger partial charge in [-0.15, -0.1) is 0 Å². The molecule has 18 heavy (non-hydrogen) atoms. The number of halogens is 1. The summed E-state index contributed by atoms with van der Waals surface area (Å²) >= 11 is 3.39. The van der Waals surface area contributed by atoms with E-state index in [2.05, 4.69) is 21.0 Å². The van der Waals surface area contributed by atoms with Crippen molar-refractivity contribution in [2.45, 2.75) is 46.8 Å².